The van der Waals surface area contributed by atoms with Gasteiger partial charge in [0.2, 0.25) is 0 Å². The summed E-state index contributed by atoms with van der Waals surface area (Å²) in [6.07, 6.45) is 3.95. The summed E-state index contributed by atoms with van der Waals surface area (Å²) >= 11 is 0. The number of piperazine rings is 1. The van der Waals surface area contributed by atoms with E-state index in [4.69, 9.17) is 14.0 Å². The molecule has 0 radical (unpaired) electrons. The first-order valence-electron chi connectivity index (χ1n) is 11.1. The topological polar surface area (TPSA) is 75.4 Å². The molecule has 2 saturated heterocycles. The Balaban J connectivity index is 1.19. The first-order valence-corrected chi connectivity index (χ1v) is 11.1. The maximum atomic E-state index is 6.01. The second kappa shape index (κ2) is 11.3. The summed E-state index contributed by atoms with van der Waals surface area (Å²) in [7, 11) is 1.85. The van der Waals surface area contributed by atoms with Crippen LogP contribution in [0.15, 0.2) is 46.1 Å². The molecular formula is C23H33N5O3. The number of nitrogens with zero attached hydrogens (tertiary/aromatic N) is 4. The molecule has 2 fully saturated rings. The van der Waals surface area contributed by atoms with Crippen LogP contribution in [0.4, 0.5) is 0 Å². The van der Waals surface area contributed by atoms with Gasteiger partial charge in [-0.2, -0.15) is 0 Å². The molecule has 1 aromatic carbocycles. The van der Waals surface area contributed by atoms with E-state index in [-0.39, 0.29) is 0 Å². The minimum Gasteiger partial charge on any atom is -0.381 e. The molecular weight excluding hydrogens is 394 g/mol. The fraction of sp³-hybridized carbons (Fsp3) is 0.565. The lowest BCUT2D eigenvalue weighted by molar-refractivity contribution is -0.0390. The van der Waals surface area contributed by atoms with Gasteiger partial charge in [0, 0.05) is 65.6 Å². The Morgan fingerprint density at radius 3 is 2.52 bits per heavy atom. The lowest BCUT2D eigenvalue weighted by Gasteiger charge is -2.36. The SMILES string of the molecule is CN=C(NCc1ccc(COC2CCOCC2)cc1)N1CCN(Cc2ccon2)CC1. The first-order chi connectivity index (χ1) is 15.3. The van der Waals surface area contributed by atoms with E-state index >= 15 is 0 Å². The number of nitrogens with one attached hydrogen (secondary N) is 1. The quantitative estimate of drug-likeness (QED) is 0.537. The molecule has 2 aromatic rings. The lowest BCUT2D eigenvalue weighted by atomic mass is 10.1. The number of hydrogen-bond acceptors (Lipinski definition) is 6. The molecule has 3 heterocycles. The molecule has 1 N–H and O–H groups in total. The van der Waals surface area contributed by atoms with E-state index in [1.54, 1.807) is 6.26 Å². The molecule has 8 nitrogen and oxygen atoms in total. The van der Waals surface area contributed by atoms with Gasteiger partial charge in [-0.15, -0.1) is 0 Å². The Labute approximate surface area is 184 Å². The van der Waals surface area contributed by atoms with Crippen LogP contribution in [0.2, 0.25) is 0 Å². The van der Waals surface area contributed by atoms with Crippen LogP contribution < -0.4 is 5.32 Å². The van der Waals surface area contributed by atoms with Crippen molar-refractivity contribution >= 4 is 5.96 Å². The Morgan fingerprint density at radius 2 is 1.84 bits per heavy atom. The molecule has 0 amide bonds. The lowest BCUT2D eigenvalue weighted by Crippen LogP contribution is -2.52. The summed E-state index contributed by atoms with van der Waals surface area (Å²) in [6.45, 7) is 7.73. The highest BCUT2D eigenvalue weighted by Gasteiger charge is 2.20. The largest absolute Gasteiger partial charge is 0.381 e. The van der Waals surface area contributed by atoms with Gasteiger partial charge in [-0.05, 0) is 24.0 Å². The number of aliphatic imine (C=N–C) groups is 1. The van der Waals surface area contributed by atoms with E-state index in [0.29, 0.717) is 12.7 Å². The molecule has 2 aliphatic rings. The van der Waals surface area contributed by atoms with Crippen molar-refractivity contribution in [1.82, 2.24) is 20.3 Å². The van der Waals surface area contributed by atoms with Crippen LogP contribution in [0, 0.1) is 0 Å². The van der Waals surface area contributed by atoms with Crippen LogP contribution in [0.5, 0.6) is 0 Å². The maximum Gasteiger partial charge on any atom is 0.194 e. The highest BCUT2D eigenvalue weighted by Crippen LogP contribution is 2.14. The maximum absolute atomic E-state index is 6.01. The van der Waals surface area contributed by atoms with Crippen molar-refractivity contribution < 1.29 is 14.0 Å². The normalized spacial score (nSPS) is 19.0. The van der Waals surface area contributed by atoms with Crippen LogP contribution in [0.3, 0.4) is 0 Å². The molecule has 0 saturated carbocycles. The number of ether oxygens (including phenoxy) is 2. The zero-order valence-electron chi connectivity index (χ0n) is 18.3. The fourth-order valence-electron chi connectivity index (χ4n) is 3.99. The molecule has 0 spiro atoms. The van der Waals surface area contributed by atoms with Crippen molar-refractivity contribution in [3.8, 4) is 0 Å². The number of guanidine groups is 1. The zero-order chi connectivity index (χ0) is 21.3. The average Bonchev–Trinajstić information content (AvgIpc) is 3.34. The van der Waals surface area contributed by atoms with Crippen molar-refractivity contribution in [2.24, 2.45) is 4.99 Å². The monoisotopic (exact) mass is 427 g/mol. The fourth-order valence-corrected chi connectivity index (χ4v) is 3.99. The van der Waals surface area contributed by atoms with Gasteiger partial charge in [-0.3, -0.25) is 9.89 Å². The Bertz CT molecular complexity index is 795. The van der Waals surface area contributed by atoms with Gasteiger partial charge in [0.15, 0.2) is 5.96 Å². The van der Waals surface area contributed by atoms with E-state index < -0.39 is 0 Å². The molecule has 8 heteroatoms. The van der Waals surface area contributed by atoms with Gasteiger partial charge in [0.05, 0.1) is 18.4 Å². The third-order valence-electron chi connectivity index (χ3n) is 5.89. The third-order valence-corrected chi connectivity index (χ3v) is 5.89. The molecule has 168 valence electrons. The number of benzene rings is 1. The predicted octanol–water partition coefficient (Wildman–Crippen LogP) is 2.26. The summed E-state index contributed by atoms with van der Waals surface area (Å²) in [4.78, 5) is 9.19. The van der Waals surface area contributed by atoms with Crippen LogP contribution in [-0.4, -0.2) is 73.5 Å². The van der Waals surface area contributed by atoms with Crippen LogP contribution in [-0.2, 0) is 29.2 Å². The Morgan fingerprint density at radius 1 is 1.10 bits per heavy atom. The minimum atomic E-state index is 0.329. The molecule has 1 aromatic heterocycles. The molecule has 4 rings (SSSR count). The van der Waals surface area contributed by atoms with Gasteiger partial charge >= 0.3 is 0 Å². The van der Waals surface area contributed by atoms with Gasteiger partial charge in [0.25, 0.3) is 0 Å². The third kappa shape index (κ3) is 6.53. The first kappa shape index (κ1) is 21.8. The summed E-state index contributed by atoms with van der Waals surface area (Å²) in [5.41, 5.74) is 3.43. The summed E-state index contributed by atoms with van der Waals surface area (Å²) < 4.78 is 16.3. The molecule has 0 bridgehead atoms. The van der Waals surface area contributed by atoms with Gasteiger partial charge < -0.3 is 24.2 Å². The number of hydrogen-bond donors (Lipinski definition) is 1. The zero-order valence-corrected chi connectivity index (χ0v) is 18.3. The van der Waals surface area contributed by atoms with Crippen molar-refractivity contribution in [3.63, 3.8) is 0 Å². The van der Waals surface area contributed by atoms with Gasteiger partial charge in [-0.1, -0.05) is 29.4 Å². The second-order valence-corrected chi connectivity index (χ2v) is 8.09. The highest BCUT2D eigenvalue weighted by molar-refractivity contribution is 5.80. The second-order valence-electron chi connectivity index (χ2n) is 8.09. The summed E-state index contributed by atoms with van der Waals surface area (Å²) in [5, 5.41) is 7.51. The summed E-state index contributed by atoms with van der Waals surface area (Å²) in [6, 6.07) is 10.6. The smallest absolute Gasteiger partial charge is 0.194 e. The van der Waals surface area contributed by atoms with E-state index in [1.165, 1.54) is 11.1 Å². The molecule has 0 aliphatic carbocycles. The molecule has 0 atom stereocenters. The van der Waals surface area contributed by atoms with E-state index in [1.807, 2.05) is 13.1 Å². The van der Waals surface area contributed by atoms with Crippen LogP contribution in [0.25, 0.3) is 0 Å². The van der Waals surface area contributed by atoms with E-state index in [2.05, 4.69) is 49.5 Å². The summed E-state index contributed by atoms with van der Waals surface area (Å²) in [5.74, 6) is 0.952. The van der Waals surface area contributed by atoms with E-state index in [0.717, 1.165) is 77.0 Å². The predicted molar refractivity (Wildman–Crippen MR) is 119 cm³/mol. The van der Waals surface area contributed by atoms with Crippen molar-refractivity contribution in [3.05, 3.63) is 53.4 Å². The van der Waals surface area contributed by atoms with Gasteiger partial charge in [-0.25, -0.2) is 0 Å². The molecule has 31 heavy (non-hydrogen) atoms. The van der Waals surface area contributed by atoms with Crippen molar-refractivity contribution in [2.45, 2.75) is 38.6 Å². The molecule has 2 aliphatic heterocycles. The van der Waals surface area contributed by atoms with Crippen molar-refractivity contribution in [2.75, 3.05) is 46.4 Å². The number of rotatable bonds is 7. The Kier molecular flexibility index (Phi) is 7.93. The Hall–Kier alpha value is -2.42. The van der Waals surface area contributed by atoms with Crippen molar-refractivity contribution in [1.29, 1.82) is 0 Å². The van der Waals surface area contributed by atoms with E-state index in [9.17, 15) is 0 Å². The number of aromatic nitrogens is 1. The minimum absolute atomic E-state index is 0.329. The van der Waals surface area contributed by atoms with Crippen LogP contribution >= 0.6 is 0 Å². The highest BCUT2D eigenvalue weighted by atomic mass is 16.5. The molecule has 0 unspecified atom stereocenters. The standard InChI is InChI=1S/C23H33N5O3/c1-24-23(28-11-9-27(10-12-28)17-21-6-15-31-26-21)25-16-19-2-4-20(5-3-19)18-30-22-7-13-29-14-8-22/h2-6,15,22H,7-14,16-18H2,1H3,(H,24,25). The van der Waals surface area contributed by atoms with Crippen LogP contribution in [0.1, 0.15) is 29.7 Å². The van der Waals surface area contributed by atoms with Gasteiger partial charge in [0.1, 0.15) is 6.26 Å². The average molecular weight is 428 g/mol.